The third-order valence-corrected chi connectivity index (χ3v) is 6.70. The van der Waals surface area contributed by atoms with Crippen LogP contribution in [0.4, 0.5) is 0 Å². The number of likely N-dealkylation sites (N-methyl/N-ethyl adjacent to an activating group) is 1. The van der Waals surface area contributed by atoms with E-state index in [2.05, 4.69) is 78.6 Å². The van der Waals surface area contributed by atoms with Gasteiger partial charge in [-0.25, -0.2) is 0 Å². The normalized spacial score (nSPS) is 26.8. The molecule has 3 aromatic rings. The second-order valence-electron chi connectivity index (χ2n) is 8.22. The molecule has 4 heteroatoms. The van der Waals surface area contributed by atoms with Gasteiger partial charge in [0.25, 0.3) is 0 Å². The van der Waals surface area contributed by atoms with Gasteiger partial charge in [-0.3, -0.25) is 4.90 Å². The zero-order chi connectivity index (χ0) is 18.4. The van der Waals surface area contributed by atoms with Crippen molar-refractivity contribution in [1.29, 1.82) is 0 Å². The van der Waals surface area contributed by atoms with Gasteiger partial charge < -0.3 is 4.52 Å². The van der Waals surface area contributed by atoms with E-state index in [0.717, 1.165) is 17.0 Å². The van der Waals surface area contributed by atoms with Gasteiger partial charge in [-0.15, -0.1) is 12.4 Å². The minimum atomic E-state index is 0. The van der Waals surface area contributed by atoms with Crippen LogP contribution in [0.25, 0.3) is 11.3 Å². The first-order valence-electron chi connectivity index (χ1n) is 10.0. The number of nitrogens with zero attached hydrogens (tertiary/aromatic N) is 2. The fraction of sp³-hybridized carbons (Fsp3) is 0.375. The lowest BCUT2D eigenvalue weighted by Gasteiger charge is -2.42. The first-order valence-corrected chi connectivity index (χ1v) is 10.0. The van der Waals surface area contributed by atoms with Crippen LogP contribution in [0.2, 0.25) is 0 Å². The molecule has 4 atom stereocenters. The Hall–Kier alpha value is -2.10. The summed E-state index contributed by atoms with van der Waals surface area (Å²) in [6.07, 6.45) is 3.73. The summed E-state index contributed by atoms with van der Waals surface area (Å²) in [6, 6.07) is 22.8. The minimum absolute atomic E-state index is 0. The number of aryl methyl sites for hydroxylation is 1. The number of halogens is 1. The molecule has 3 heterocycles. The first kappa shape index (κ1) is 19.2. The van der Waals surface area contributed by atoms with E-state index in [9.17, 15) is 0 Å². The molecule has 2 aliphatic heterocycles. The summed E-state index contributed by atoms with van der Waals surface area (Å²) in [5, 5.41) is 4.42. The van der Waals surface area contributed by atoms with E-state index in [4.69, 9.17) is 4.52 Å². The fourth-order valence-electron chi connectivity index (χ4n) is 5.20. The quantitative estimate of drug-likeness (QED) is 0.561. The monoisotopic (exact) mass is 394 g/mol. The van der Waals surface area contributed by atoms with E-state index < -0.39 is 0 Å². The molecule has 0 radical (unpaired) electrons. The topological polar surface area (TPSA) is 29.3 Å². The van der Waals surface area contributed by atoms with Crippen LogP contribution >= 0.6 is 12.4 Å². The number of fused-ring (bicyclic) bond motifs is 2. The van der Waals surface area contributed by atoms with Crippen LogP contribution in [-0.2, 0) is 0 Å². The second kappa shape index (κ2) is 7.73. The molecular formula is C24H27ClN2O. The molecule has 0 spiro atoms. The standard InChI is InChI=1S/C24H26N2O.ClH/c1-16-8-10-17(11-9-16)20-14-19-12-13-22(26(19)2)24(20)23-15-21(25-27-23)18-6-4-3-5-7-18;/h3-11,15,19-20,22,24H,12-14H2,1-2H3;1H/t19-,20+,22+,24-;/m0./s1. The number of benzene rings is 2. The van der Waals surface area contributed by atoms with Crippen molar-refractivity contribution in [3.63, 3.8) is 0 Å². The van der Waals surface area contributed by atoms with Crippen LogP contribution < -0.4 is 0 Å². The second-order valence-corrected chi connectivity index (χ2v) is 8.22. The van der Waals surface area contributed by atoms with Crippen LogP contribution in [0.15, 0.2) is 65.2 Å². The molecule has 5 rings (SSSR count). The molecule has 0 aliphatic carbocycles. The molecule has 146 valence electrons. The van der Waals surface area contributed by atoms with Gasteiger partial charge in [-0.2, -0.15) is 0 Å². The molecule has 0 unspecified atom stereocenters. The van der Waals surface area contributed by atoms with Crippen molar-refractivity contribution in [3.05, 3.63) is 77.6 Å². The van der Waals surface area contributed by atoms with Crippen LogP contribution in [0, 0.1) is 6.92 Å². The summed E-state index contributed by atoms with van der Waals surface area (Å²) in [6.45, 7) is 2.15. The molecule has 28 heavy (non-hydrogen) atoms. The maximum atomic E-state index is 5.96. The van der Waals surface area contributed by atoms with E-state index >= 15 is 0 Å². The third-order valence-electron chi connectivity index (χ3n) is 6.70. The van der Waals surface area contributed by atoms with Crippen LogP contribution in [0.5, 0.6) is 0 Å². The largest absolute Gasteiger partial charge is 0.360 e. The molecule has 2 fully saturated rings. The number of hydrogen-bond donors (Lipinski definition) is 0. The Morgan fingerprint density at radius 3 is 2.50 bits per heavy atom. The van der Waals surface area contributed by atoms with Gasteiger partial charge in [0.05, 0.1) is 0 Å². The number of rotatable bonds is 3. The zero-order valence-corrected chi connectivity index (χ0v) is 17.2. The van der Waals surface area contributed by atoms with Gasteiger partial charge >= 0.3 is 0 Å². The summed E-state index contributed by atoms with van der Waals surface area (Å²) < 4.78 is 5.96. The summed E-state index contributed by atoms with van der Waals surface area (Å²) in [5.41, 5.74) is 4.81. The van der Waals surface area contributed by atoms with Gasteiger partial charge in [-0.1, -0.05) is 65.3 Å². The summed E-state index contributed by atoms with van der Waals surface area (Å²) >= 11 is 0. The van der Waals surface area contributed by atoms with Gasteiger partial charge in [-0.05, 0) is 44.7 Å². The Kier molecular flexibility index (Phi) is 5.31. The van der Waals surface area contributed by atoms with Crippen LogP contribution in [-0.4, -0.2) is 29.2 Å². The predicted molar refractivity (Wildman–Crippen MR) is 115 cm³/mol. The zero-order valence-electron chi connectivity index (χ0n) is 16.4. The highest BCUT2D eigenvalue weighted by Gasteiger charge is 2.48. The van der Waals surface area contributed by atoms with Crippen molar-refractivity contribution in [3.8, 4) is 11.3 Å². The van der Waals surface area contributed by atoms with E-state index in [1.807, 2.05) is 6.07 Å². The van der Waals surface area contributed by atoms with E-state index in [-0.39, 0.29) is 12.4 Å². The molecule has 2 aromatic carbocycles. The van der Waals surface area contributed by atoms with E-state index in [1.54, 1.807) is 0 Å². The molecule has 2 saturated heterocycles. The number of aromatic nitrogens is 1. The van der Waals surface area contributed by atoms with E-state index in [1.165, 1.54) is 30.4 Å². The molecule has 3 nitrogen and oxygen atoms in total. The van der Waals surface area contributed by atoms with Crippen molar-refractivity contribution in [2.24, 2.45) is 0 Å². The molecule has 2 bridgehead atoms. The summed E-state index contributed by atoms with van der Waals surface area (Å²) in [7, 11) is 2.29. The Morgan fingerprint density at radius 2 is 1.75 bits per heavy atom. The van der Waals surface area contributed by atoms with E-state index in [0.29, 0.717) is 23.9 Å². The maximum absolute atomic E-state index is 5.96. The van der Waals surface area contributed by atoms with Gasteiger partial charge in [0.2, 0.25) is 0 Å². The van der Waals surface area contributed by atoms with Crippen molar-refractivity contribution < 1.29 is 4.52 Å². The Bertz CT molecular complexity index is 921. The summed E-state index contributed by atoms with van der Waals surface area (Å²) in [4.78, 5) is 2.58. The molecule has 0 N–H and O–H groups in total. The minimum Gasteiger partial charge on any atom is -0.360 e. The van der Waals surface area contributed by atoms with Crippen molar-refractivity contribution in [1.82, 2.24) is 10.1 Å². The molecule has 2 aliphatic rings. The smallest absolute Gasteiger partial charge is 0.142 e. The fourth-order valence-corrected chi connectivity index (χ4v) is 5.20. The maximum Gasteiger partial charge on any atom is 0.142 e. The lowest BCUT2D eigenvalue weighted by molar-refractivity contribution is 0.122. The molecule has 0 saturated carbocycles. The van der Waals surface area contributed by atoms with Gasteiger partial charge in [0.1, 0.15) is 11.5 Å². The lowest BCUT2D eigenvalue weighted by Crippen LogP contribution is -2.44. The van der Waals surface area contributed by atoms with Crippen molar-refractivity contribution in [2.75, 3.05) is 7.05 Å². The summed E-state index contributed by atoms with van der Waals surface area (Å²) in [5.74, 6) is 1.90. The van der Waals surface area contributed by atoms with Crippen LogP contribution in [0.1, 0.15) is 48.0 Å². The SMILES string of the molecule is Cc1ccc([C@H]2C[C@@H]3CC[C@H]([C@H]2c2cc(-c4ccccc4)no2)N3C)cc1.Cl. The Morgan fingerprint density at radius 1 is 1.00 bits per heavy atom. The van der Waals surface area contributed by atoms with Crippen LogP contribution in [0.3, 0.4) is 0 Å². The van der Waals surface area contributed by atoms with Gasteiger partial charge in [0.15, 0.2) is 0 Å². The third kappa shape index (κ3) is 3.27. The molecular weight excluding hydrogens is 368 g/mol. The number of hydrogen-bond acceptors (Lipinski definition) is 3. The average Bonchev–Trinajstić information content (AvgIpc) is 3.26. The first-order chi connectivity index (χ1) is 13.2. The molecule has 0 amide bonds. The highest BCUT2D eigenvalue weighted by atomic mass is 35.5. The van der Waals surface area contributed by atoms with Crippen molar-refractivity contribution >= 4 is 12.4 Å². The highest BCUT2D eigenvalue weighted by Crippen LogP contribution is 2.51. The Balaban J connectivity index is 0.00000192. The Labute approximate surface area is 173 Å². The van der Waals surface area contributed by atoms with Gasteiger partial charge in [0, 0.05) is 29.6 Å². The lowest BCUT2D eigenvalue weighted by atomic mass is 9.74. The highest BCUT2D eigenvalue weighted by molar-refractivity contribution is 5.85. The predicted octanol–water partition coefficient (Wildman–Crippen LogP) is 5.81. The molecule has 1 aromatic heterocycles. The van der Waals surface area contributed by atoms with Crippen molar-refractivity contribution in [2.45, 2.75) is 50.1 Å². The number of piperidine rings is 1. The average molecular weight is 395 g/mol.